The molecule has 1 atom stereocenters. The first kappa shape index (κ1) is 17.9. The number of guanidine groups is 1. The first-order chi connectivity index (χ1) is 11.2. The highest BCUT2D eigenvalue weighted by Gasteiger charge is 2.13. The van der Waals surface area contributed by atoms with Crippen LogP contribution in [-0.4, -0.2) is 32.3 Å². The summed E-state index contributed by atoms with van der Waals surface area (Å²) < 4.78 is 11.6. The highest BCUT2D eigenvalue weighted by Crippen LogP contribution is 2.19. The molecule has 1 aliphatic rings. The van der Waals surface area contributed by atoms with E-state index in [9.17, 15) is 0 Å². The Morgan fingerprint density at radius 1 is 1.30 bits per heavy atom. The quantitative estimate of drug-likeness (QED) is 0.364. The lowest BCUT2D eigenvalue weighted by Crippen LogP contribution is -2.40. The van der Waals surface area contributed by atoms with Gasteiger partial charge in [-0.25, -0.2) is 0 Å². The summed E-state index contributed by atoms with van der Waals surface area (Å²) in [6, 6.07) is 4.05. The summed E-state index contributed by atoms with van der Waals surface area (Å²) in [5, 5.41) is 6.64. The maximum Gasteiger partial charge on any atom is 0.191 e. The molecule has 23 heavy (non-hydrogen) atoms. The molecular formula is C18H31N3O2. The highest BCUT2D eigenvalue weighted by atomic mass is 16.5. The summed E-state index contributed by atoms with van der Waals surface area (Å²) in [6.07, 6.45) is 8.20. The average Bonchev–Trinajstić information content (AvgIpc) is 2.83. The standard InChI is InChI=1S/C18H31N3O2/c1-14-10-11-17(23-14)15(2)21-18(19-3)20-12-13-22-16-8-6-4-5-7-9-16/h10-11,15-16H,4-9,12-13H2,1-3H3,(H2,19,20,21). The minimum atomic E-state index is 0.0812. The zero-order valence-corrected chi connectivity index (χ0v) is 14.7. The van der Waals surface area contributed by atoms with Gasteiger partial charge >= 0.3 is 0 Å². The third-order valence-corrected chi connectivity index (χ3v) is 4.32. The largest absolute Gasteiger partial charge is 0.464 e. The molecule has 1 fully saturated rings. The van der Waals surface area contributed by atoms with E-state index in [1.165, 1.54) is 38.5 Å². The molecule has 130 valence electrons. The fraction of sp³-hybridized carbons (Fsp3) is 0.722. The van der Waals surface area contributed by atoms with Crippen molar-refractivity contribution in [1.82, 2.24) is 10.6 Å². The Kier molecular flexibility index (Phi) is 7.46. The maximum atomic E-state index is 5.99. The summed E-state index contributed by atoms with van der Waals surface area (Å²) >= 11 is 0. The summed E-state index contributed by atoms with van der Waals surface area (Å²) in [5.74, 6) is 2.62. The molecule has 1 saturated carbocycles. The molecule has 1 aliphatic carbocycles. The molecule has 0 bridgehead atoms. The van der Waals surface area contributed by atoms with Crippen molar-refractivity contribution in [3.05, 3.63) is 23.7 Å². The molecule has 2 N–H and O–H groups in total. The summed E-state index contributed by atoms with van der Waals surface area (Å²) in [6.45, 7) is 5.50. The number of nitrogens with one attached hydrogen (secondary N) is 2. The van der Waals surface area contributed by atoms with E-state index in [1.54, 1.807) is 7.05 Å². The average molecular weight is 321 g/mol. The van der Waals surface area contributed by atoms with Crippen LogP contribution in [0.3, 0.4) is 0 Å². The third kappa shape index (κ3) is 6.26. The molecule has 0 aromatic carbocycles. The Bertz CT molecular complexity index is 476. The lowest BCUT2D eigenvalue weighted by molar-refractivity contribution is 0.0468. The number of hydrogen-bond acceptors (Lipinski definition) is 3. The van der Waals surface area contributed by atoms with Crippen LogP contribution in [0.25, 0.3) is 0 Å². The van der Waals surface area contributed by atoms with Crippen LogP contribution in [0.15, 0.2) is 21.5 Å². The van der Waals surface area contributed by atoms with Crippen LogP contribution in [0.2, 0.25) is 0 Å². The van der Waals surface area contributed by atoms with E-state index in [1.807, 2.05) is 19.1 Å². The van der Waals surface area contributed by atoms with Crippen LogP contribution >= 0.6 is 0 Å². The van der Waals surface area contributed by atoms with Crippen LogP contribution in [-0.2, 0) is 4.74 Å². The van der Waals surface area contributed by atoms with Crippen molar-refractivity contribution in [1.29, 1.82) is 0 Å². The molecule has 2 rings (SSSR count). The van der Waals surface area contributed by atoms with Crippen LogP contribution in [0, 0.1) is 6.92 Å². The SMILES string of the molecule is CN=C(NCCOC1CCCCCC1)NC(C)c1ccc(C)o1. The molecule has 1 unspecified atom stereocenters. The number of rotatable bonds is 6. The number of hydrogen-bond donors (Lipinski definition) is 2. The Balaban J connectivity index is 1.66. The zero-order chi connectivity index (χ0) is 16.5. The molecule has 1 aromatic rings. The van der Waals surface area contributed by atoms with Crippen LogP contribution in [0.1, 0.15) is 63.0 Å². The van der Waals surface area contributed by atoms with Gasteiger partial charge in [0.05, 0.1) is 18.8 Å². The van der Waals surface area contributed by atoms with Crippen molar-refractivity contribution >= 4 is 5.96 Å². The van der Waals surface area contributed by atoms with E-state index in [0.29, 0.717) is 6.10 Å². The van der Waals surface area contributed by atoms with Gasteiger partial charge in [0.15, 0.2) is 5.96 Å². The molecule has 0 saturated heterocycles. The summed E-state index contributed by atoms with van der Waals surface area (Å²) in [7, 11) is 1.78. The van der Waals surface area contributed by atoms with Gasteiger partial charge in [0, 0.05) is 13.6 Å². The van der Waals surface area contributed by atoms with Gasteiger partial charge in [-0.1, -0.05) is 25.7 Å². The van der Waals surface area contributed by atoms with Gasteiger partial charge in [-0.3, -0.25) is 4.99 Å². The zero-order valence-electron chi connectivity index (χ0n) is 14.7. The fourth-order valence-electron chi connectivity index (χ4n) is 2.96. The number of ether oxygens (including phenoxy) is 1. The molecule has 5 heteroatoms. The number of nitrogens with zero attached hydrogens (tertiary/aromatic N) is 1. The second kappa shape index (κ2) is 9.60. The van der Waals surface area contributed by atoms with Crippen LogP contribution in [0.5, 0.6) is 0 Å². The summed E-state index contributed by atoms with van der Waals surface area (Å²) in [5.41, 5.74) is 0. The molecule has 1 aromatic heterocycles. The topological polar surface area (TPSA) is 58.8 Å². The predicted molar refractivity (Wildman–Crippen MR) is 93.8 cm³/mol. The molecule has 0 amide bonds. The van der Waals surface area contributed by atoms with Gasteiger partial charge in [0.1, 0.15) is 11.5 Å². The van der Waals surface area contributed by atoms with Crippen molar-refractivity contribution in [2.45, 2.75) is 64.5 Å². The first-order valence-electron chi connectivity index (χ1n) is 8.84. The molecule has 0 aliphatic heterocycles. The third-order valence-electron chi connectivity index (χ3n) is 4.32. The monoisotopic (exact) mass is 321 g/mol. The Hall–Kier alpha value is -1.49. The molecule has 0 spiro atoms. The van der Waals surface area contributed by atoms with Crippen molar-refractivity contribution in [2.24, 2.45) is 4.99 Å². The highest BCUT2D eigenvalue weighted by molar-refractivity contribution is 5.79. The minimum Gasteiger partial charge on any atom is -0.464 e. The molecule has 0 radical (unpaired) electrons. The van der Waals surface area contributed by atoms with Crippen molar-refractivity contribution in [3.8, 4) is 0 Å². The smallest absolute Gasteiger partial charge is 0.191 e. The lowest BCUT2D eigenvalue weighted by Gasteiger charge is -2.18. The fourth-order valence-corrected chi connectivity index (χ4v) is 2.96. The van der Waals surface area contributed by atoms with Gasteiger partial charge in [0.2, 0.25) is 0 Å². The van der Waals surface area contributed by atoms with Crippen molar-refractivity contribution < 1.29 is 9.15 Å². The van der Waals surface area contributed by atoms with Gasteiger partial charge in [-0.15, -0.1) is 0 Å². The van der Waals surface area contributed by atoms with Gasteiger partial charge in [0.25, 0.3) is 0 Å². The van der Waals surface area contributed by atoms with Gasteiger partial charge in [-0.2, -0.15) is 0 Å². The molecular weight excluding hydrogens is 290 g/mol. The predicted octanol–water partition coefficient (Wildman–Crippen LogP) is 3.55. The van der Waals surface area contributed by atoms with Crippen LogP contribution < -0.4 is 10.6 Å². The Labute approximate surface area is 139 Å². The van der Waals surface area contributed by atoms with Crippen molar-refractivity contribution in [2.75, 3.05) is 20.2 Å². The Morgan fingerprint density at radius 2 is 2.04 bits per heavy atom. The second-order valence-electron chi connectivity index (χ2n) is 6.30. The first-order valence-corrected chi connectivity index (χ1v) is 8.84. The van der Waals surface area contributed by atoms with Gasteiger partial charge in [-0.05, 0) is 38.8 Å². The van der Waals surface area contributed by atoms with E-state index in [0.717, 1.165) is 30.6 Å². The summed E-state index contributed by atoms with van der Waals surface area (Å²) in [4.78, 5) is 4.26. The lowest BCUT2D eigenvalue weighted by atomic mass is 10.1. The van der Waals surface area contributed by atoms with Crippen molar-refractivity contribution in [3.63, 3.8) is 0 Å². The minimum absolute atomic E-state index is 0.0812. The molecule has 5 nitrogen and oxygen atoms in total. The van der Waals surface area contributed by atoms with E-state index < -0.39 is 0 Å². The second-order valence-corrected chi connectivity index (χ2v) is 6.30. The van der Waals surface area contributed by atoms with Gasteiger partial charge < -0.3 is 19.8 Å². The van der Waals surface area contributed by atoms with E-state index in [4.69, 9.17) is 9.15 Å². The number of aryl methyl sites for hydroxylation is 1. The van der Waals surface area contributed by atoms with E-state index >= 15 is 0 Å². The molecule has 1 heterocycles. The van der Waals surface area contributed by atoms with E-state index in [-0.39, 0.29) is 6.04 Å². The maximum absolute atomic E-state index is 5.99. The van der Waals surface area contributed by atoms with E-state index in [2.05, 4.69) is 22.5 Å². The Morgan fingerprint density at radius 3 is 2.65 bits per heavy atom. The number of aliphatic imine (C=N–C) groups is 1. The van der Waals surface area contributed by atoms with Crippen LogP contribution in [0.4, 0.5) is 0 Å². The number of furan rings is 1. The normalized spacial score (nSPS) is 18.5.